The number of ether oxygens (including phenoxy) is 1. The van der Waals surface area contributed by atoms with Gasteiger partial charge in [0.2, 0.25) is 11.8 Å². The van der Waals surface area contributed by atoms with Gasteiger partial charge in [0.1, 0.15) is 13.1 Å². The van der Waals surface area contributed by atoms with Crippen molar-refractivity contribution >= 4 is 17.9 Å². The number of aryl methyl sites for hydroxylation is 1. The van der Waals surface area contributed by atoms with E-state index in [1.807, 2.05) is 12.1 Å². The van der Waals surface area contributed by atoms with E-state index in [1.165, 1.54) is 0 Å². The van der Waals surface area contributed by atoms with Gasteiger partial charge in [0.15, 0.2) is 0 Å². The Bertz CT molecular complexity index is 491. The predicted molar refractivity (Wildman–Crippen MR) is 78.5 cm³/mol. The van der Waals surface area contributed by atoms with Crippen LogP contribution in [0.1, 0.15) is 18.4 Å². The van der Waals surface area contributed by atoms with Gasteiger partial charge in [-0.1, -0.05) is 6.07 Å². The molecule has 0 saturated heterocycles. The maximum absolute atomic E-state index is 11.7. The van der Waals surface area contributed by atoms with Crippen molar-refractivity contribution in [3.63, 3.8) is 0 Å². The first kappa shape index (κ1) is 17.4. The Labute approximate surface area is 128 Å². The van der Waals surface area contributed by atoms with Gasteiger partial charge < -0.3 is 16.2 Å². The van der Waals surface area contributed by atoms with Gasteiger partial charge >= 0.3 is 6.09 Å². The maximum Gasteiger partial charge on any atom is 0.410 e. The number of pyridine rings is 1. The molecule has 0 aliphatic rings. The van der Waals surface area contributed by atoms with E-state index in [2.05, 4.69) is 4.98 Å². The number of hydrogen-bond acceptors (Lipinski definition) is 5. The van der Waals surface area contributed by atoms with E-state index < -0.39 is 31.0 Å². The highest BCUT2D eigenvalue weighted by Crippen LogP contribution is 2.04. The second kappa shape index (κ2) is 9.32. The molecule has 0 unspecified atom stereocenters. The standard InChI is InChI=1S/C14H20N4O4/c15-12(19)9-18(10-13(16)20)14(21)22-7-2-1-4-11-5-3-6-17-8-11/h3,5-6,8H,1-2,4,7,9-10H2,(H2,15,19)(H2,16,20). The van der Waals surface area contributed by atoms with E-state index in [4.69, 9.17) is 16.2 Å². The van der Waals surface area contributed by atoms with Gasteiger partial charge in [-0.3, -0.25) is 19.5 Å². The predicted octanol–water partition coefficient (Wildman–Crippen LogP) is -0.186. The zero-order chi connectivity index (χ0) is 16.4. The normalized spacial score (nSPS) is 10.0. The van der Waals surface area contributed by atoms with Crippen molar-refractivity contribution in [2.45, 2.75) is 19.3 Å². The quantitative estimate of drug-likeness (QED) is 0.611. The number of aromatic nitrogens is 1. The fourth-order valence-corrected chi connectivity index (χ4v) is 1.79. The van der Waals surface area contributed by atoms with Crippen LogP contribution in [0.3, 0.4) is 0 Å². The van der Waals surface area contributed by atoms with Gasteiger partial charge in [-0.15, -0.1) is 0 Å². The molecule has 0 atom stereocenters. The molecule has 8 nitrogen and oxygen atoms in total. The lowest BCUT2D eigenvalue weighted by molar-refractivity contribution is -0.121. The molecule has 3 amide bonds. The third-order valence-corrected chi connectivity index (χ3v) is 2.76. The van der Waals surface area contributed by atoms with Crippen LogP contribution in [0.2, 0.25) is 0 Å². The highest BCUT2D eigenvalue weighted by atomic mass is 16.6. The molecule has 0 saturated carbocycles. The van der Waals surface area contributed by atoms with Crippen LogP contribution in [0.5, 0.6) is 0 Å². The molecular formula is C14H20N4O4. The Morgan fingerprint density at radius 2 is 1.82 bits per heavy atom. The Balaban J connectivity index is 2.27. The largest absolute Gasteiger partial charge is 0.449 e. The fourth-order valence-electron chi connectivity index (χ4n) is 1.79. The van der Waals surface area contributed by atoms with Crippen LogP contribution in [-0.2, 0) is 20.7 Å². The second-order valence-electron chi connectivity index (χ2n) is 4.72. The lowest BCUT2D eigenvalue weighted by Gasteiger charge is -2.18. The van der Waals surface area contributed by atoms with Crippen LogP contribution >= 0.6 is 0 Å². The second-order valence-corrected chi connectivity index (χ2v) is 4.72. The van der Waals surface area contributed by atoms with Gasteiger partial charge in [0, 0.05) is 12.4 Å². The smallest absolute Gasteiger partial charge is 0.410 e. The molecule has 0 bridgehead atoms. The number of hydrogen-bond donors (Lipinski definition) is 2. The molecular weight excluding hydrogens is 288 g/mol. The van der Waals surface area contributed by atoms with Crippen molar-refractivity contribution in [2.75, 3.05) is 19.7 Å². The lowest BCUT2D eigenvalue weighted by Crippen LogP contribution is -2.43. The van der Waals surface area contributed by atoms with E-state index in [0.717, 1.165) is 23.3 Å². The molecule has 0 radical (unpaired) electrons. The summed E-state index contributed by atoms with van der Waals surface area (Å²) in [5.74, 6) is -1.48. The number of carbonyl (C=O) groups excluding carboxylic acids is 3. The number of amides is 3. The zero-order valence-electron chi connectivity index (χ0n) is 12.2. The number of nitrogens with zero attached hydrogens (tertiary/aromatic N) is 2. The third kappa shape index (κ3) is 7.22. The van der Waals surface area contributed by atoms with Crippen molar-refractivity contribution < 1.29 is 19.1 Å². The summed E-state index contributed by atoms with van der Waals surface area (Å²) in [6, 6.07) is 3.83. The highest BCUT2D eigenvalue weighted by Gasteiger charge is 2.19. The first-order chi connectivity index (χ1) is 10.5. The monoisotopic (exact) mass is 308 g/mol. The summed E-state index contributed by atoms with van der Waals surface area (Å²) in [5, 5.41) is 0. The summed E-state index contributed by atoms with van der Waals surface area (Å²) in [6.07, 6.45) is 5.02. The molecule has 1 heterocycles. The Morgan fingerprint density at radius 3 is 2.36 bits per heavy atom. The minimum absolute atomic E-state index is 0.188. The van der Waals surface area contributed by atoms with Gasteiger partial charge in [-0.2, -0.15) is 0 Å². The molecule has 1 aromatic heterocycles. The molecule has 0 fully saturated rings. The topological polar surface area (TPSA) is 129 Å². The summed E-state index contributed by atoms with van der Waals surface area (Å²) in [6.45, 7) is -0.623. The first-order valence-corrected chi connectivity index (χ1v) is 6.86. The van der Waals surface area contributed by atoms with Crippen LogP contribution in [-0.4, -0.2) is 47.5 Å². The number of unbranched alkanes of at least 4 members (excludes halogenated alkanes) is 1. The van der Waals surface area contributed by atoms with Crippen LogP contribution in [0, 0.1) is 0 Å². The summed E-state index contributed by atoms with van der Waals surface area (Å²) in [4.78, 5) is 38.3. The first-order valence-electron chi connectivity index (χ1n) is 6.86. The summed E-state index contributed by atoms with van der Waals surface area (Å²) < 4.78 is 5.00. The molecule has 0 aliphatic heterocycles. The maximum atomic E-state index is 11.7. The van der Waals surface area contributed by atoms with E-state index >= 15 is 0 Å². The summed E-state index contributed by atoms with van der Waals surface area (Å²) >= 11 is 0. The number of primary amides is 2. The van der Waals surface area contributed by atoms with Crippen LogP contribution in [0.4, 0.5) is 4.79 Å². The average Bonchev–Trinajstić information content (AvgIpc) is 2.46. The van der Waals surface area contributed by atoms with Crippen LogP contribution < -0.4 is 11.5 Å². The van der Waals surface area contributed by atoms with Crippen LogP contribution in [0.15, 0.2) is 24.5 Å². The third-order valence-electron chi connectivity index (χ3n) is 2.76. The molecule has 8 heteroatoms. The number of nitrogens with two attached hydrogens (primary N) is 2. The molecule has 1 rings (SSSR count). The molecule has 22 heavy (non-hydrogen) atoms. The molecule has 0 spiro atoms. The highest BCUT2D eigenvalue weighted by molar-refractivity contribution is 5.85. The van der Waals surface area contributed by atoms with Gasteiger partial charge in [0.05, 0.1) is 6.61 Å². The van der Waals surface area contributed by atoms with Gasteiger partial charge in [-0.25, -0.2) is 4.79 Å². The van der Waals surface area contributed by atoms with Crippen molar-refractivity contribution in [1.82, 2.24) is 9.88 Å². The molecule has 0 aliphatic carbocycles. The van der Waals surface area contributed by atoms with E-state index in [9.17, 15) is 14.4 Å². The summed E-state index contributed by atoms with van der Waals surface area (Å²) in [5.41, 5.74) is 11.1. The molecule has 0 aromatic carbocycles. The van der Waals surface area contributed by atoms with Crippen LogP contribution in [0.25, 0.3) is 0 Å². The van der Waals surface area contributed by atoms with Crippen molar-refractivity contribution in [3.05, 3.63) is 30.1 Å². The minimum atomic E-state index is -0.779. The van der Waals surface area contributed by atoms with E-state index in [1.54, 1.807) is 12.4 Å². The minimum Gasteiger partial charge on any atom is -0.449 e. The van der Waals surface area contributed by atoms with E-state index in [0.29, 0.717) is 6.42 Å². The summed E-state index contributed by atoms with van der Waals surface area (Å²) in [7, 11) is 0. The Hall–Kier alpha value is -2.64. The zero-order valence-corrected chi connectivity index (χ0v) is 12.2. The number of rotatable bonds is 9. The fraction of sp³-hybridized carbons (Fsp3) is 0.429. The molecule has 120 valence electrons. The van der Waals surface area contributed by atoms with Crippen molar-refractivity contribution in [3.8, 4) is 0 Å². The Morgan fingerprint density at radius 1 is 1.14 bits per heavy atom. The van der Waals surface area contributed by atoms with Crippen molar-refractivity contribution in [1.29, 1.82) is 0 Å². The van der Waals surface area contributed by atoms with E-state index in [-0.39, 0.29) is 6.61 Å². The number of carbonyl (C=O) groups is 3. The lowest BCUT2D eigenvalue weighted by atomic mass is 10.1. The Kier molecular flexibility index (Phi) is 7.38. The molecule has 4 N–H and O–H groups in total. The average molecular weight is 308 g/mol. The SMILES string of the molecule is NC(=O)CN(CC(N)=O)C(=O)OCCCCc1cccnc1. The van der Waals surface area contributed by atoms with Gasteiger partial charge in [0.25, 0.3) is 0 Å². The molecule has 1 aromatic rings. The van der Waals surface area contributed by atoms with Crippen molar-refractivity contribution in [2.24, 2.45) is 11.5 Å². The van der Waals surface area contributed by atoms with Gasteiger partial charge in [-0.05, 0) is 30.9 Å².